The third-order valence-corrected chi connectivity index (χ3v) is 6.08. The summed E-state index contributed by atoms with van der Waals surface area (Å²) in [5.41, 5.74) is 2.72. The Morgan fingerprint density at radius 2 is 2.07 bits per heavy atom. The van der Waals surface area contributed by atoms with E-state index in [9.17, 15) is 0 Å². The van der Waals surface area contributed by atoms with Gasteiger partial charge in [-0.15, -0.1) is 0 Å². The van der Waals surface area contributed by atoms with Gasteiger partial charge in [-0.2, -0.15) is 10.4 Å². The molecule has 3 aromatic heterocycles. The first-order valence-corrected chi connectivity index (χ1v) is 10.2. The Hall–Kier alpha value is -3.12. The molecular formula is C20H25N9. The number of nitrogens with zero attached hydrogens (tertiary/aromatic N) is 5. The van der Waals surface area contributed by atoms with Crippen molar-refractivity contribution in [2.75, 3.05) is 17.2 Å². The van der Waals surface area contributed by atoms with Crippen molar-refractivity contribution in [1.82, 2.24) is 30.0 Å². The number of piperidine rings is 1. The summed E-state index contributed by atoms with van der Waals surface area (Å²) in [4.78, 5) is 14.9. The van der Waals surface area contributed by atoms with Gasteiger partial charge < -0.3 is 15.6 Å². The van der Waals surface area contributed by atoms with Crippen LogP contribution in [0.2, 0.25) is 0 Å². The molecule has 3 aromatic rings. The molecule has 2 unspecified atom stereocenters. The van der Waals surface area contributed by atoms with Crippen molar-refractivity contribution in [3.63, 3.8) is 0 Å². The molecule has 4 N–H and O–H groups in total. The van der Waals surface area contributed by atoms with Gasteiger partial charge in [-0.3, -0.25) is 10.00 Å². The van der Waals surface area contributed by atoms with Gasteiger partial charge in [0.2, 0.25) is 0 Å². The average molecular weight is 391 g/mol. The molecule has 9 nitrogen and oxygen atoms in total. The standard InChI is InChI=1S/C20H25N9/c1-12-7-18(28-27-12)26-20-19-16(22-11-23-19)10-17(25-20)24-13-8-14-3-4-15(9-13)29(14)6-2-5-21/h7,10-11,13-15H,2-4,6,8-9H2,1H3,(H,22,23)(H3,24,25,26,27,28)/t13?,14-,15?/m0/s1. The number of fused-ring (bicyclic) bond motifs is 3. The van der Waals surface area contributed by atoms with Gasteiger partial charge in [0.05, 0.1) is 17.9 Å². The lowest BCUT2D eigenvalue weighted by Crippen LogP contribution is -2.47. The summed E-state index contributed by atoms with van der Waals surface area (Å²) >= 11 is 0. The molecule has 5 rings (SSSR count). The van der Waals surface area contributed by atoms with Crippen molar-refractivity contribution in [2.45, 2.75) is 57.2 Å². The number of anilines is 3. The van der Waals surface area contributed by atoms with Crippen LogP contribution in [0.3, 0.4) is 0 Å². The van der Waals surface area contributed by atoms with Crippen molar-refractivity contribution in [3.05, 3.63) is 24.2 Å². The highest BCUT2D eigenvalue weighted by Crippen LogP contribution is 2.37. The second-order valence-corrected chi connectivity index (χ2v) is 8.06. The fourth-order valence-corrected chi connectivity index (χ4v) is 4.86. The molecule has 0 spiro atoms. The summed E-state index contributed by atoms with van der Waals surface area (Å²) in [6.07, 6.45) is 6.94. The molecule has 0 amide bonds. The quantitative estimate of drug-likeness (QED) is 0.509. The van der Waals surface area contributed by atoms with E-state index in [1.54, 1.807) is 6.33 Å². The molecule has 2 aliphatic heterocycles. The van der Waals surface area contributed by atoms with E-state index in [0.717, 1.165) is 47.7 Å². The number of nitrogens with one attached hydrogen (secondary N) is 4. The van der Waals surface area contributed by atoms with E-state index in [1.807, 2.05) is 19.1 Å². The molecule has 0 radical (unpaired) electrons. The number of hydrogen-bond donors (Lipinski definition) is 4. The number of rotatable bonds is 6. The van der Waals surface area contributed by atoms with E-state index in [-0.39, 0.29) is 0 Å². The van der Waals surface area contributed by atoms with Crippen molar-refractivity contribution < 1.29 is 0 Å². The first-order valence-electron chi connectivity index (χ1n) is 10.2. The number of aromatic nitrogens is 5. The number of imidazole rings is 1. The lowest BCUT2D eigenvalue weighted by molar-refractivity contribution is 0.136. The minimum atomic E-state index is 0.388. The molecule has 9 heteroatoms. The van der Waals surface area contributed by atoms with Gasteiger partial charge in [0.15, 0.2) is 11.6 Å². The zero-order chi connectivity index (χ0) is 19.8. The second kappa shape index (κ2) is 7.37. The van der Waals surface area contributed by atoms with Crippen LogP contribution in [0.5, 0.6) is 0 Å². The molecule has 0 aromatic carbocycles. The van der Waals surface area contributed by atoms with Crippen molar-refractivity contribution in [3.8, 4) is 6.07 Å². The highest BCUT2D eigenvalue weighted by Gasteiger charge is 2.40. The lowest BCUT2D eigenvalue weighted by Gasteiger charge is -2.39. The van der Waals surface area contributed by atoms with E-state index in [4.69, 9.17) is 10.2 Å². The summed E-state index contributed by atoms with van der Waals surface area (Å²) in [7, 11) is 0. The van der Waals surface area contributed by atoms with Gasteiger partial charge in [0.25, 0.3) is 0 Å². The molecule has 0 aliphatic carbocycles. The fraction of sp³-hybridized carbons (Fsp3) is 0.500. The van der Waals surface area contributed by atoms with Gasteiger partial charge in [-0.1, -0.05) is 0 Å². The van der Waals surface area contributed by atoms with E-state index in [1.165, 1.54) is 12.8 Å². The molecule has 2 aliphatic rings. The molecule has 150 valence electrons. The number of aryl methyl sites for hydroxylation is 1. The monoisotopic (exact) mass is 391 g/mol. The Bertz CT molecular complexity index is 1030. The molecule has 0 saturated carbocycles. The summed E-state index contributed by atoms with van der Waals surface area (Å²) in [5, 5.41) is 23.0. The Labute approximate surface area is 168 Å². The second-order valence-electron chi connectivity index (χ2n) is 8.06. The Morgan fingerprint density at radius 1 is 1.24 bits per heavy atom. The maximum atomic E-state index is 8.92. The Morgan fingerprint density at radius 3 is 2.79 bits per heavy atom. The maximum Gasteiger partial charge on any atom is 0.162 e. The van der Waals surface area contributed by atoms with Crippen molar-refractivity contribution in [1.29, 1.82) is 5.26 Å². The van der Waals surface area contributed by atoms with Crippen LogP contribution in [0.15, 0.2) is 18.5 Å². The topological polar surface area (TPSA) is 121 Å². The average Bonchev–Trinajstić information content (AvgIpc) is 3.39. The molecule has 2 bridgehead atoms. The van der Waals surface area contributed by atoms with Gasteiger partial charge in [0.1, 0.15) is 11.3 Å². The summed E-state index contributed by atoms with van der Waals surface area (Å²) < 4.78 is 0. The molecule has 2 fully saturated rings. The van der Waals surface area contributed by atoms with E-state index >= 15 is 0 Å². The van der Waals surface area contributed by atoms with Gasteiger partial charge in [-0.25, -0.2) is 9.97 Å². The SMILES string of the molecule is Cc1cc(Nc2nc(NC3CC4CC[C@@H](C3)N4CCC#N)cc3[nH]cnc23)n[nH]1. The Kier molecular flexibility index (Phi) is 4.56. The molecule has 5 heterocycles. The van der Waals surface area contributed by atoms with Crippen LogP contribution in [-0.2, 0) is 0 Å². The molecule has 29 heavy (non-hydrogen) atoms. The summed E-state index contributed by atoms with van der Waals surface area (Å²) in [6.45, 7) is 2.86. The third-order valence-electron chi connectivity index (χ3n) is 6.08. The smallest absolute Gasteiger partial charge is 0.162 e. The van der Waals surface area contributed by atoms with Gasteiger partial charge in [-0.05, 0) is 32.6 Å². The number of pyridine rings is 1. The van der Waals surface area contributed by atoms with Crippen molar-refractivity contribution in [2.24, 2.45) is 0 Å². The minimum absolute atomic E-state index is 0.388. The number of nitriles is 1. The van der Waals surface area contributed by atoms with Gasteiger partial charge in [0, 0.05) is 48.9 Å². The first-order chi connectivity index (χ1) is 14.2. The first kappa shape index (κ1) is 17.9. The maximum absolute atomic E-state index is 8.92. The van der Waals surface area contributed by atoms with Crippen molar-refractivity contribution >= 4 is 28.5 Å². The van der Waals surface area contributed by atoms with Crippen LogP contribution in [0.4, 0.5) is 17.5 Å². The van der Waals surface area contributed by atoms with Crippen LogP contribution in [0, 0.1) is 18.3 Å². The van der Waals surface area contributed by atoms with E-state index in [2.05, 4.69) is 41.8 Å². The number of H-pyrrole nitrogens is 2. The van der Waals surface area contributed by atoms with E-state index < -0.39 is 0 Å². The highest BCUT2D eigenvalue weighted by atomic mass is 15.2. The zero-order valence-corrected chi connectivity index (χ0v) is 16.4. The predicted octanol–water partition coefficient (Wildman–Crippen LogP) is 3.05. The third kappa shape index (κ3) is 3.51. The number of hydrogen-bond acceptors (Lipinski definition) is 7. The fourth-order valence-electron chi connectivity index (χ4n) is 4.86. The molecule has 2 saturated heterocycles. The van der Waals surface area contributed by atoms with Crippen LogP contribution in [0.25, 0.3) is 11.0 Å². The van der Waals surface area contributed by atoms with Gasteiger partial charge >= 0.3 is 0 Å². The zero-order valence-electron chi connectivity index (χ0n) is 16.4. The highest BCUT2D eigenvalue weighted by molar-refractivity contribution is 5.89. The molecular weight excluding hydrogens is 366 g/mol. The normalized spacial score (nSPS) is 23.9. The minimum Gasteiger partial charge on any atom is -0.367 e. The largest absolute Gasteiger partial charge is 0.367 e. The summed E-state index contributed by atoms with van der Waals surface area (Å²) in [5.74, 6) is 2.25. The van der Waals surface area contributed by atoms with Crippen LogP contribution in [0.1, 0.15) is 37.8 Å². The Balaban J connectivity index is 1.34. The van der Waals surface area contributed by atoms with E-state index in [0.29, 0.717) is 30.4 Å². The summed E-state index contributed by atoms with van der Waals surface area (Å²) in [6, 6.07) is 7.77. The number of aromatic amines is 2. The lowest BCUT2D eigenvalue weighted by atomic mass is 9.97. The predicted molar refractivity (Wildman–Crippen MR) is 111 cm³/mol. The van der Waals surface area contributed by atoms with Crippen LogP contribution >= 0.6 is 0 Å². The van der Waals surface area contributed by atoms with Crippen LogP contribution < -0.4 is 10.6 Å². The molecule has 3 atom stereocenters. The van der Waals surface area contributed by atoms with Crippen LogP contribution in [-0.4, -0.2) is 54.7 Å².